The average molecular weight is 276 g/mol. The molecule has 2 atom stereocenters. The lowest BCUT2D eigenvalue weighted by atomic mass is 10.2. The van der Waals surface area contributed by atoms with Gasteiger partial charge in [0.25, 0.3) is 0 Å². The third-order valence-electron chi connectivity index (χ3n) is 2.52. The van der Waals surface area contributed by atoms with Crippen LogP contribution in [0.15, 0.2) is 0 Å². The van der Waals surface area contributed by atoms with E-state index in [0.29, 0.717) is 4.31 Å². The fraction of sp³-hybridized carbons (Fsp3) is 1.00. The molecular weight excluding hydrogens is 261 g/mol. The van der Waals surface area contributed by atoms with E-state index in [9.17, 15) is 26.7 Å². The molecule has 9 heteroatoms. The minimum Gasteiger partial charge on any atom is -0.392 e. The lowest BCUT2D eigenvalue weighted by molar-refractivity contribution is -0.0495. The molecule has 1 saturated heterocycles. The lowest BCUT2D eigenvalue weighted by Gasteiger charge is -2.26. The molecule has 1 aliphatic rings. The summed E-state index contributed by atoms with van der Waals surface area (Å²) in [6.45, 7) is -0.354. The standard InChI is InChI=1S/C8H15F3N2O3S/c1-12(2)4-6-3-7(14)5-13(6)17(15,16)8(9,10)11/h6-7,14H,3-5H2,1-2H3. The van der Waals surface area contributed by atoms with Crippen LogP contribution in [0.5, 0.6) is 0 Å². The SMILES string of the molecule is CN(C)CC1CC(O)CN1S(=O)(=O)C(F)(F)F. The first-order valence-corrected chi connectivity index (χ1v) is 6.40. The zero-order valence-corrected chi connectivity index (χ0v) is 10.3. The second-order valence-electron chi connectivity index (χ2n) is 4.33. The monoisotopic (exact) mass is 276 g/mol. The average Bonchev–Trinajstić information content (AvgIpc) is 2.43. The van der Waals surface area contributed by atoms with E-state index in [1.54, 1.807) is 19.0 Å². The van der Waals surface area contributed by atoms with Gasteiger partial charge in [0.15, 0.2) is 0 Å². The van der Waals surface area contributed by atoms with Crippen molar-refractivity contribution in [3.8, 4) is 0 Å². The molecule has 1 heterocycles. The van der Waals surface area contributed by atoms with Crippen LogP contribution in [0.3, 0.4) is 0 Å². The molecular formula is C8H15F3N2O3S. The summed E-state index contributed by atoms with van der Waals surface area (Å²) in [5.41, 5.74) is -5.32. The molecule has 0 radical (unpaired) electrons. The minimum absolute atomic E-state index is 0.0213. The van der Waals surface area contributed by atoms with Crippen LogP contribution in [0.1, 0.15) is 6.42 Å². The van der Waals surface area contributed by atoms with Gasteiger partial charge in [-0.15, -0.1) is 0 Å². The number of hydrogen-bond donors (Lipinski definition) is 1. The Labute approximate surface area is 97.9 Å². The van der Waals surface area contributed by atoms with E-state index < -0.39 is 34.2 Å². The minimum atomic E-state index is -5.36. The highest BCUT2D eigenvalue weighted by Crippen LogP contribution is 2.32. The number of β-amino-alcohol motifs (C(OH)–C–C–N with tert-alkyl or cyclic N) is 1. The van der Waals surface area contributed by atoms with Crippen molar-refractivity contribution in [2.75, 3.05) is 27.2 Å². The molecule has 2 unspecified atom stereocenters. The van der Waals surface area contributed by atoms with E-state index in [4.69, 9.17) is 0 Å². The summed E-state index contributed by atoms with van der Waals surface area (Å²) in [6.07, 6.45) is -1.02. The number of sulfonamides is 1. The molecule has 0 spiro atoms. The molecule has 1 rings (SSSR count). The Morgan fingerprint density at radius 1 is 1.41 bits per heavy atom. The maximum Gasteiger partial charge on any atom is 0.511 e. The van der Waals surface area contributed by atoms with Gasteiger partial charge in [-0.05, 0) is 20.5 Å². The molecule has 1 aliphatic heterocycles. The third-order valence-corrected chi connectivity index (χ3v) is 4.17. The predicted molar refractivity (Wildman–Crippen MR) is 54.6 cm³/mol. The predicted octanol–water partition coefficient (Wildman–Crippen LogP) is -0.167. The molecule has 102 valence electrons. The van der Waals surface area contributed by atoms with E-state index in [1.165, 1.54) is 0 Å². The lowest BCUT2D eigenvalue weighted by Crippen LogP contribution is -2.46. The normalized spacial score (nSPS) is 27.9. The van der Waals surface area contributed by atoms with Gasteiger partial charge in [-0.2, -0.15) is 17.5 Å². The highest BCUT2D eigenvalue weighted by atomic mass is 32.2. The Morgan fingerprint density at radius 2 is 1.94 bits per heavy atom. The van der Waals surface area contributed by atoms with Gasteiger partial charge in [-0.3, -0.25) is 0 Å². The van der Waals surface area contributed by atoms with Gasteiger partial charge in [0.05, 0.1) is 6.10 Å². The van der Waals surface area contributed by atoms with Crippen LogP contribution in [0.25, 0.3) is 0 Å². The molecule has 0 bridgehead atoms. The van der Waals surface area contributed by atoms with Crippen LogP contribution in [-0.4, -0.2) is 67.6 Å². The summed E-state index contributed by atoms with van der Waals surface area (Å²) in [5.74, 6) is 0. The highest BCUT2D eigenvalue weighted by Gasteiger charge is 2.54. The van der Waals surface area contributed by atoms with E-state index in [-0.39, 0.29) is 13.0 Å². The van der Waals surface area contributed by atoms with Gasteiger partial charge in [-0.25, -0.2) is 8.42 Å². The van der Waals surface area contributed by atoms with Crippen LogP contribution in [0, 0.1) is 0 Å². The summed E-state index contributed by atoms with van der Waals surface area (Å²) < 4.78 is 60.1. The van der Waals surface area contributed by atoms with E-state index in [1.807, 2.05) is 0 Å². The summed E-state index contributed by atoms with van der Waals surface area (Å²) in [4.78, 5) is 1.58. The zero-order valence-electron chi connectivity index (χ0n) is 9.48. The summed E-state index contributed by atoms with van der Waals surface area (Å²) in [7, 11) is -2.10. The van der Waals surface area contributed by atoms with Crippen molar-refractivity contribution in [1.29, 1.82) is 0 Å². The van der Waals surface area contributed by atoms with Crippen molar-refractivity contribution in [1.82, 2.24) is 9.21 Å². The number of alkyl halides is 3. The van der Waals surface area contributed by atoms with Crippen molar-refractivity contribution in [3.63, 3.8) is 0 Å². The molecule has 17 heavy (non-hydrogen) atoms. The van der Waals surface area contributed by atoms with E-state index in [2.05, 4.69) is 0 Å². The third kappa shape index (κ3) is 3.09. The first-order valence-electron chi connectivity index (χ1n) is 4.96. The van der Waals surface area contributed by atoms with E-state index >= 15 is 0 Å². The van der Waals surface area contributed by atoms with Gasteiger partial charge in [0.2, 0.25) is 0 Å². The Balaban J connectivity index is 2.95. The van der Waals surface area contributed by atoms with E-state index in [0.717, 1.165) is 0 Å². The second kappa shape index (κ2) is 4.71. The smallest absolute Gasteiger partial charge is 0.392 e. The summed E-state index contributed by atoms with van der Waals surface area (Å²) >= 11 is 0. The zero-order chi connectivity index (χ0) is 13.4. The highest BCUT2D eigenvalue weighted by molar-refractivity contribution is 7.90. The second-order valence-corrected chi connectivity index (χ2v) is 6.21. The Bertz CT molecular complexity index is 369. The van der Waals surface area contributed by atoms with Crippen LogP contribution >= 0.6 is 0 Å². The molecule has 0 saturated carbocycles. The molecule has 5 nitrogen and oxygen atoms in total. The number of aliphatic hydroxyl groups is 1. The van der Waals surface area contributed by atoms with Crippen LogP contribution in [0.2, 0.25) is 0 Å². The van der Waals surface area contributed by atoms with Gasteiger partial charge in [0, 0.05) is 19.1 Å². The Kier molecular flexibility index (Phi) is 4.07. The fourth-order valence-corrected chi connectivity index (χ4v) is 3.06. The Hall–Kier alpha value is -0.380. The largest absolute Gasteiger partial charge is 0.511 e. The number of hydrogen-bond acceptors (Lipinski definition) is 4. The first kappa shape index (κ1) is 14.7. The molecule has 0 aromatic rings. The number of aliphatic hydroxyl groups excluding tert-OH is 1. The maximum atomic E-state index is 12.4. The molecule has 0 aromatic carbocycles. The molecule has 0 amide bonds. The first-order chi connectivity index (χ1) is 7.55. The topological polar surface area (TPSA) is 60.9 Å². The molecule has 0 aromatic heterocycles. The van der Waals surface area contributed by atoms with Crippen LogP contribution in [-0.2, 0) is 10.0 Å². The van der Waals surface area contributed by atoms with Gasteiger partial charge >= 0.3 is 15.5 Å². The van der Waals surface area contributed by atoms with Crippen molar-refractivity contribution in [2.24, 2.45) is 0 Å². The summed E-state index contributed by atoms with van der Waals surface area (Å²) in [6, 6.07) is -0.841. The molecule has 0 aliphatic carbocycles. The van der Waals surface area contributed by atoms with Gasteiger partial charge < -0.3 is 10.0 Å². The maximum absolute atomic E-state index is 12.4. The van der Waals surface area contributed by atoms with Crippen molar-refractivity contribution < 1.29 is 26.7 Å². The molecule has 1 N–H and O–H groups in total. The van der Waals surface area contributed by atoms with Crippen LogP contribution in [0.4, 0.5) is 13.2 Å². The van der Waals surface area contributed by atoms with Gasteiger partial charge in [-0.1, -0.05) is 0 Å². The van der Waals surface area contributed by atoms with Crippen molar-refractivity contribution in [2.45, 2.75) is 24.1 Å². The molecule has 1 fully saturated rings. The number of rotatable bonds is 3. The van der Waals surface area contributed by atoms with Crippen molar-refractivity contribution in [3.05, 3.63) is 0 Å². The number of halogens is 3. The Morgan fingerprint density at radius 3 is 2.35 bits per heavy atom. The quantitative estimate of drug-likeness (QED) is 0.777. The summed E-state index contributed by atoms with van der Waals surface area (Å²) in [5, 5.41) is 9.32. The van der Waals surface area contributed by atoms with Crippen LogP contribution < -0.4 is 0 Å². The number of likely N-dealkylation sites (N-methyl/N-ethyl adjacent to an activating group) is 1. The van der Waals surface area contributed by atoms with Gasteiger partial charge in [0.1, 0.15) is 0 Å². The fourth-order valence-electron chi connectivity index (χ4n) is 1.88. The van der Waals surface area contributed by atoms with Crippen molar-refractivity contribution >= 4 is 10.0 Å². The number of nitrogens with zero attached hydrogens (tertiary/aromatic N) is 2.